The molecule has 1 aromatic rings. The molecule has 0 aliphatic carbocycles. The first-order valence-electron chi connectivity index (χ1n) is 5.10. The van der Waals surface area contributed by atoms with Crippen molar-refractivity contribution in [2.75, 3.05) is 12.8 Å². The molecular weight excluding hydrogens is 276 g/mol. The monoisotopic (exact) mass is 291 g/mol. The van der Waals surface area contributed by atoms with E-state index < -0.39 is 29.2 Å². The summed E-state index contributed by atoms with van der Waals surface area (Å²) in [6, 6.07) is 0.931. The lowest BCUT2D eigenvalue weighted by atomic mass is 10.1. The smallest absolute Gasteiger partial charge is 0.400 e. The summed E-state index contributed by atoms with van der Waals surface area (Å²) >= 11 is 0. The molecule has 1 aromatic carbocycles. The molecular formula is C11H15F6NO. The SMILES string of the molecule is CC.CO.Nc1cc(C(F)(F)F)cc(C(F)(F)F)c1. The summed E-state index contributed by atoms with van der Waals surface area (Å²) in [5, 5.41) is 7.00. The van der Waals surface area contributed by atoms with Crippen molar-refractivity contribution in [1.82, 2.24) is 0 Å². The van der Waals surface area contributed by atoms with Gasteiger partial charge in [-0.05, 0) is 18.2 Å². The fourth-order valence-electron chi connectivity index (χ4n) is 0.979. The second-order valence-corrected chi connectivity index (χ2v) is 2.84. The summed E-state index contributed by atoms with van der Waals surface area (Å²) in [7, 11) is 1.00. The van der Waals surface area contributed by atoms with Gasteiger partial charge in [0.2, 0.25) is 0 Å². The van der Waals surface area contributed by atoms with E-state index in [0.717, 1.165) is 7.11 Å². The van der Waals surface area contributed by atoms with Gasteiger partial charge < -0.3 is 10.8 Å². The molecule has 0 fully saturated rings. The Morgan fingerprint density at radius 3 is 1.26 bits per heavy atom. The second-order valence-electron chi connectivity index (χ2n) is 2.84. The molecule has 0 heterocycles. The zero-order valence-corrected chi connectivity index (χ0v) is 10.5. The fourth-order valence-corrected chi connectivity index (χ4v) is 0.979. The Bertz CT molecular complexity index is 340. The lowest BCUT2D eigenvalue weighted by Gasteiger charge is -2.12. The minimum atomic E-state index is -4.84. The van der Waals surface area contributed by atoms with E-state index in [1.165, 1.54) is 0 Å². The maximum absolute atomic E-state index is 12.1. The van der Waals surface area contributed by atoms with Crippen LogP contribution in [0.5, 0.6) is 0 Å². The van der Waals surface area contributed by atoms with Crippen LogP contribution in [0, 0.1) is 0 Å². The van der Waals surface area contributed by atoms with E-state index in [9.17, 15) is 26.3 Å². The van der Waals surface area contributed by atoms with Crippen molar-refractivity contribution in [2.24, 2.45) is 0 Å². The summed E-state index contributed by atoms with van der Waals surface area (Å²) < 4.78 is 72.7. The van der Waals surface area contributed by atoms with Gasteiger partial charge >= 0.3 is 12.4 Å². The van der Waals surface area contributed by atoms with Crippen LogP contribution >= 0.6 is 0 Å². The second kappa shape index (κ2) is 7.88. The lowest BCUT2D eigenvalue weighted by molar-refractivity contribution is -0.143. The van der Waals surface area contributed by atoms with Gasteiger partial charge in [0.15, 0.2) is 0 Å². The van der Waals surface area contributed by atoms with Crippen molar-refractivity contribution in [3.8, 4) is 0 Å². The summed E-state index contributed by atoms with van der Waals surface area (Å²) in [4.78, 5) is 0. The molecule has 8 heteroatoms. The van der Waals surface area contributed by atoms with Crippen LogP contribution in [0.25, 0.3) is 0 Å². The van der Waals surface area contributed by atoms with E-state index in [1.54, 1.807) is 0 Å². The molecule has 0 spiro atoms. The minimum absolute atomic E-state index is 0.0242. The Hall–Kier alpha value is -1.44. The molecule has 112 valence electrons. The number of aliphatic hydroxyl groups excluding tert-OH is 1. The quantitative estimate of drug-likeness (QED) is 0.562. The van der Waals surface area contributed by atoms with E-state index in [0.29, 0.717) is 12.1 Å². The van der Waals surface area contributed by atoms with E-state index >= 15 is 0 Å². The molecule has 0 saturated carbocycles. The highest BCUT2D eigenvalue weighted by atomic mass is 19.4. The van der Waals surface area contributed by atoms with E-state index in [1.807, 2.05) is 13.8 Å². The van der Waals surface area contributed by atoms with Crippen LogP contribution in [0.1, 0.15) is 25.0 Å². The van der Waals surface area contributed by atoms with Crippen LogP contribution in [-0.2, 0) is 12.4 Å². The van der Waals surface area contributed by atoms with Gasteiger partial charge in [-0.1, -0.05) is 13.8 Å². The van der Waals surface area contributed by atoms with Gasteiger partial charge in [-0.3, -0.25) is 0 Å². The van der Waals surface area contributed by atoms with Gasteiger partial charge in [-0.2, -0.15) is 26.3 Å². The third-order valence-electron chi connectivity index (χ3n) is 1.61. The molecule has 0 aromatic heterocycles. The van der Waals surface area contributed by atoms with Gasteiger partial charge in [-0.15, -0.1) is 0 Å². The highest BCUT2D eigenvalue weighted by Crippen LogP contribution is 2.36. The Morgan fingerprint density at radius 1 is 0.789 bits per heavy atom. The highest BCUT2D eigenvalue weighted by molar-refractivity contribution is 5.46. The predicted octanol–water partition coefficient (Wildman–Crippen LogP) is 3.94. The molecule has 0 bridgehead atoms. The summed E-state index contributed by atoms with van der Waals surface area (Å²) in [6.45, 7) is 4.00. The van der Waals surface area contributed by atoms with Crippen LogP contribution < -0.4 is 5.73 Å². The zero-order valence-electron chi connectivity index (χ0n) is 10.5. The molecule has 0 aliphatic rings. The minimum Gasteiger partial charge on any atom is -0.400 e. The zero-order chi connectivity index (χ0) is 15.9. The van der Waals surface area contributed by atoms with E-state index in [-0.39, 0.29) is 6.07 Å². The molecule has 19 heavy (non-hydrogen) atoms. The van der Waals surface area contributed by atoms with Crippen molar-refractivity contribution in [3.05, 3.63) is 29.3 Å². The van der Waals surface area contributed by atoms with Crippen molar-refractivity contribution >= 4 is 5.69 Å². The molecule has 0 atom stereocenters. The van der Waals surface area contributed by atoms with Crippen molar-refractivity contribution in [3.63, 3.8) is 0 Å². The Labute approximate surface area is 106 Å². The number of aliphatic hydroxyl groups is 1. The van der Waals surface area contributed by atoms with Gasteiger partial charge in [-0.25, -0.2) is 0 Å². The first-order valence-corrected chi connectivity index (χ1v) is 5.10. The molecule has 0 saturated heterocycles. The number of halogens is 6. The van der Waals surface area contributed by atoms with Crippen molar-refractivity contribution in [2.45, 2.75) is 26.2 Å². The van der Waals surface area contributed by atoms with Crippen LogP contribution in [-0.4, -0.2) is 12.2 Å². The van der Waals surface area contributed by atoms with Crippen molar-refractivity contribution < 1.29 is 31.4 Å². The maximum atomic E-state index is 12.1. The molecule has 2 nitrogen and oxygen atoms in total. The Morgan fingerprint density at radius 2 is 1.05 bits per heavy atom. The summed E-state index contributed by atoms with van der Waals surface area (Å²) in [5.74, 6) is 0. The van der Waals surface area contributed by atoms with Crippen LogP contribution in [0.2, 0.25) is 0 Å². The van der Waals surface area contributed by atoms with Crippen molar-refractivity contribution in [1.29, 1.82) is 0 Å². The average Bonchev–Trinajstić information content (AvgIpc) is 2.31. The van der Waals surface area contributed by atoms with E-state index in [4.69, 9.17) is 10.8 Å². The van der Waals surface area contributed by atoms with Gasteiger partial charge in [0.25, 0.3) is 0 Å². The number of rotatable bonds is 0. The number of nitrogens with two attached hydrogens (primary N) is 1. The summed E-state index contributed by atoms with van der Waals surface area (Å²) in [6.07, 6.45) is -9.68. The predicted molar refractivity (Wildman–Crippen MR) is 60.3 cm³/mol. The molecule has 3 N–H and O–H groups in total. The first kappa shape index (κ1) is 19.9. The normalized spacial score (nSPS) is 10.8. The van der Waals surface area contributed by atoms with Crippen LogP contribution in [0.15, 0.2) is 18.2 Å². The number of hydrogen-bond donors (Lipinski definition) is 2. The standard InChI is InChI=1S/C8H5F6N.C2H6.CH4O/c9-7(10,11)4-1-5(8(12,13)14)3-6(15)2-4;2*1-2/h1-3H,15H2;1-2H3;2H,1H3. The van der Waals surface area contributed by atoms with Gasteiger partial charge in [0.1, 0.15) is 0 Å². The number of nitrogen functional groups attached to an aromatic ring is 1. The third-order valence-corrected chi connectivity index (χ3v) is 1.61. The number of alkyl halides is 6. The fraction of sp³-hybridized carbons (Fsp3) is 0.455. The lowest BCUT2D eigenvalue weighted by Crippen LogP contribution is -2.11. The highest BCUT2D eigenvalue weighted by Gasteiger charge is 2.36. The number of hydrogen-bond acceptors (Lipinski definition) is 2. The van der Waals surface area contributed by atoms with Crippen LogP contribution in [0.3, 0.4) is 0 Å². The van der Waals surface area contributed by atoms with E-state index in [2.05, 4.69) is 0 Å². The molecule has 0 amide bonds. The van der Waals surface area contributed by atoms with Gasteiger partial charge in [0.05, 0.1) is 11.1 Å². The molecule has 0 aliphatic heterocycles. The van der Waals surface area contributed by atoms with Crippen LogP contribution in [0.4, 0.5) is 32.0 Å². The molecule has 0 unspecified atom stereocenters. The largest absolute Gasteiger partial charge is 0.416 e. The average molecular weight is 291 g/mol. The molecule has 1 rings (SSSR count). The number of anilines is 1. The first-order chi connectivity index (χ1) is 8.60. The van der Waals surface area contributed by atoms with Gasteiger partial charge in [0, 0.05) is 12.8 Å². The molecule has 0 radical (unpaired) electrons. The maximum Gasteiger partial charge on any atom is 0.416 e. The summed E-state index contributed by atoms with van der Waals surface area (Å²) in [5.41, 5.74) is 1.57. The topological polar surface area (TPSA) is 46.2 Å². The number of benzene rings is 1. The third kappa shape index (κ3) is 6.90. The Balaban J connectivity index is 0. The Kier molecular flexibility index (Phi) is 8.25.